The number of rotatable bonds is 61. The lowest BCUT2D eigenvalue weighted by Gasteiger charge is -2.30. The minimum Gasteiger partial charge on any atom is -0.756 e. The molecule has 0 radical (unpaired) electrons. The minimum atomic E-state index is -4.69. The molecule has 0 saturated heterocycles. The van der Waals surface area contributed by atoms with Crippen LogP contribution in [-0.4, -0.2) is 69.4 Å². The zero-order chi connectivity index (χ0) is 55.0. The fourth-order valence-electron chi connectivity index (χ4n) is 10.1. The number of nitrogens with one attached hydrogen (secondary N) is 1. The standard InChI is InChI=1S/C65H129N2O7P/c1-7-10-13-16-19-22-25-27-29-31-32-33-34-36-37-39-42-45-48-51-54-57-64(68)66-62(61-73-75(70,71)72-60-59-67(4,5)6)63(56-53-50-47-44-41-24-21-18-15-12-9-3)74-65(69)58-55-52-49-46-43-40-38-35-30-28-26-23-20-17-14-11-8-2/h53,56,62-63H,7-52,54-55,57-61H2,1-6H3,(H-,66,68,70,71)/b56-53+. The van der Waals surface area contributed by atoms with Gasteiger partial charge in [-0.3, -0.25) is 14.2 Å². The normalized spacial score (nSPS) is 13.6. The fourth-order valence-corrected chi connectivity index (χ4v) is 10.8. The number of allylic oxidation sites excluding steroid dienone is 1. The van der Waals surface area contributed by atoms with Crippen molar-refractivity contribution in [3.05, 3.63) is 12.2 Å². The molecule has 10 heteroatoms. The van der Waals surface area contributed by atoms with Gasteiger partial charge in [0, 0.05) is 12.8 Å². The van der Waals surface area contributed by atoms with Gasteiger partial charge in [0.1, 0.15) is 19.3 Å². The molecule has 0 bridgehead atoms. The maximum absolute atomic E-state index is 13.5. The Bertz CT molecular complexity index is 1290. The van der Waals surface area contributed by atoms with Gasteiger partial charge in [-0.05, 0) is 31.8 Å². The van der Waals surface area contributed by atoms with Gasteiger partial charge in [0.15, 0.2) is 0 Å². The van der Waals surface area contributed by atoms with Gasteiger partial charge in [0.2, 0.25) is 5.91 Å². The van der Waals surface area contributed by atoms with Crippen LogP contribution in [0.25, 0.3) is 0 Å². The molecular formula is C65H129N2O7P. The number of phosphoric ester groups is 1. The van der Waals surface area contributed by atoms with Crippen molar-refractivity contribution >= 4 is 19.7 Å². The highest BCUT2D eigenvalue weighted by Gasteiger charge is 2.27. The number of esters is 1. The molecule has 0 aromatic heterocycles. The Kier molecular flexibility index (Phi) is 55.1. The Labute approximate surface area is 467 Å². The van der Waals surface area contributed by atoms with Crippen molar-refractivity contribution in [1.29, 1.82) is 0 Å². The van der Waals surface area contributed by atoms with E-state index in [-0.39, 0.29) is 31.5 Å². The number of carbonyl (C=O) groups is 2. The van der Waals surface area contributed by atoms with E-state index in [0.717, 1.165) is 57.8 Å². The average molecular weight is 1080 g/mol. The number of ether oxygens (including phenoxy) is 1. The van der Waals surface area contributed by atoms with Crippen molar-refractivity contribution in [3.8, 4) is 0 Å². The zero-order valence-corrected chi connectivity index (χ0v) is 51.9. The molecule has 0 saturated carbocycles. The lowest BCUT2D eigenvalue weighted by molar-refractivity contribution is -0.870. The lowest BCUT2D eigenvalue weighted by Crippen LogP contribution is -2.47. The number of phosphoric acid groups is 1. The van der Waals surface area contributed by atoms with Gasteiger partial charge in [-0.2, -0.15) is 0 Å². The van der Waals surface area contributed by atoms with Crippen molar-refractivity contribution < 1.29 is 37.3 Å². The van der Waals surface area contributed by atoms with Gasteiger partial charge in [0.25, 0.3) is 7.82 Å². The molecule has 0 spiro atoms. The molecule has 75 heavy (non-hydrogen) atoms. The van der Waals surface area contributed by atoms with E-state index in [1.807, 2.05) is 33.3 Å². The Hall–Kier alpha value is -1.25. The third-order valence-corrected chi connectivity index (χ3v) is 16.2. The summed E-state index contributed by atoms with van der Waals surface area (Å²) in [7, 11) is 1.21. The van der Waals surface area contributed by atoms with Crippen molar-refractivity contribution in [3.63, 3.8) is 0 Å². The summed E-state index contributed by atoms with van der Waals surface area (Å²) < 4.78 is 30.4. The molecule has 0 heterocycles. The lowest BCUT2D eigenvalue weighted by atomic mass is 10.0. The first-order valence-electron chi connectivity index (χ1n) is 33.0. The van der Waals surface area contributed by atoms with Crippen LogP contribution in [0.15, 0.2) is 12.2 Å². The zero-order valence-electron chi connectivity index (χ0n) is 51.0. The second-order valence-electron chi connectivity index (χ2n) is 24.0. The summed E-state index contributed by atoms with van der Waals surface area (Å²) in [5, 5.41) is 3.04. The van der Waals surface area contributed by atoms with Gasteiger partial charge in [-0.1, -0.05) is 309 Å². The van der Waals surface area contributed by atoms with Crippen molar-refractivity contribution in [2.45, 2.75) is 354 Å². The molecule has 1 amide bonds. The van der Waals surface area contributed by atoms with Gasteiger partial charge >= 0.3 is 5.97 Å². The molecule has 446 valence electrons. The molecule has 3 unspecified atom stereocenters. The second kappa shape index (κ2) is 56.0. The van der Waals surface area contributed by atoms with Crippen LogP contribution in [0.1, 0.15) is 342 Å². The van der Waals surface area contributed by atoms with Crippen molar-refractivity contribution in [2.75, 3.05) is 40.9 Å². The quantitative estimate of drug-likeness (QED) is 0.0212. The number of hydrogen-bond donors (Lipinski definition) is 1. The van der Waals surface area contributed by atoms with E-state index in [9.17, 15) is 19.0 Å². The number of quaternary nitrogens is 1. The van der Waals surface area contributed by atoms with E-state index in [2.05, 4.69) is 26.1 Å². The molecule has 1 N–H and O–H groups in total. The number of nitrogens with zero attached hydrogens (tertiary/aromatic N) is 1. The van der Waals surface area contributed by atoms with Gasteiger partial charge in [-0.25, -0.2) is 0 Å². The summed E-state index contributed by atoms with van der Waals surface area (Å²) in [5.74, 6) is -0.517. The van der Waals surface area contributed by atoms with Crippen LogP contribution < -0.4 is 10.2 Å². The molecule has 3 atom stereocenters. The molecule has 0 aromatic rings. The third kappa shape index (κ3) is 57.3. The second-order valence-corrected chi connectivity index (χ2v) is 25.4. The highest BCUT2D eigenvalue weighted by atomic mass is 31.2. The highest BCUT2D eigenvalue weighted by molar-refractivity contribution is 7.45. The average Bonchev–Trinajstić information content (AvgIpc) is 3.37. The van der Waals surface area contributed by atoms with Crippen LogP contribution in [0.2, 0.25) is 0 Å². The Morgan fingerprint density at radius 2 is 0.760 bits per heavy atom. The molecule has 0 aliphatic heterocycles. The predicted octanol–water partition coefficient (Wildman–Crippen LogP) is 19.7. The molecule has 9 nitrogen and oxygen atoms in total. The number of amides is 1. The molecular weight excluding hydrogens is 952 g/mol. The van der Waals surface area contributed by atoms with Crippen LogP contribution >= 0.6 is 7.82 Å². The largest absolute Gasteiger partial charge is 0.756 e. The summed E-state index contributed by atoms with van der Waals surface area (Å²) in [4.78, 5) is 40.0. The van der Waals surface area contributed by atoms with Crippen LogP contribution in [0, 0.1) is 0 Å². The highest BCUT2D eigenvalue weighted by Crippen LogP contribution is 2.38. The topological polar surface area (TPSA) is 114 Å². The molecule has 0 aromatic carbocycles. The minimum absolute atomic E-state index is 0.0167. The smallest absolute Gasteiger partial charge is 0.306 e. The first-order valence-corrected chi connectivity index (χ1v) is 34.5. The van der Waals surface area contributed by atoms with Gasteiger partial charge in [-0.15, -0.1) is 0 Å². The molecule has 0 rings (SSSR count). The van der Waals surface area contributed by atoms with Crippen LogP contribution in [0.3, 0.4) is 0 Å². The van der Waals surface area contributed by atoms with Crippen LogP contribution in [-0.2, 0) is 27.9 Å². The number of unbranched alkanes of at least 4 members (excludes halogenated alkanes) is 45. The summed E-state index contributed by atoms with van der Waals surface area (Å²) in [5.41, 5.74) is 0. The first-order chi connectivity index (χ1) is 36.4. The van der Waals surface area contributed by atoms with E-state index in [1.165, 1.54) is 250 Å². The Morgan fingerprint density at radius 3 is 1.09 bits per heavy atom. The Morgan fingerprint density at radius 1 is 0.453 bits per heavy atom. The summed E-state index contributed by atoms with van der Waals surface area (Å²) in [6.07, 6.45) is 64.7. The van der Waals surface area contributed by atoms with E-state index in [4.69, 9.17) is 13.8 Å². The van der Waals surface area contributed by atoms with Gasteiger partial charge < -0.3 is 28.5 Å². The number of hydrogen-bond acceptors (Lipinski definition) is 7. The van der Waals surface area contributed by atoms with E-state index in [1.54, 1.807) is 0 Å². The Balaban J connectivity index is 5.08. The molecule has 0 fully saturated rings. The van der Waals surface area contributed by atoms with Crippen molar-refractivity contribution in [1.82, 2.24) is 5.32 Å². The summed E-state index contributed by atoms with van der Waals surface area (Å²) in [6, 6.07) is -0.879. The SMILES string of the molecule is CCCCCCCCCCC/C=C/C(OC(=O)CCCCCCCCCCCCCCCCCCC)C(COP(=O)([O-])OCC[N+](C)(C)C)NC(=O)CCCCCCCCCCCCCCCCCCCCCCC. The monoisotopic (exact) mass is 1080 g/mol. The fraction of sp³-hybridized carbons (Fsp3) is 0.938. The molecule has 0 aliphatic rings. The van der Waals surface area contributed by atoms with E-state index < -0.39 is 20.0 Å². The maximum Gasteiger partial charge on any atom is 0.306 e. The summed E-state index contributed by atoms with van der Waals surface area (Å²) >= 11 is 0. The van der Waals surface area contributed by atoms with E-state index in [0.29, 0.717) is 17.4 Å². The summed E-state index contributed by atoms with van der Waals surface area (Å²) in [6.45, 7) is 6.90. The van der Waals surface area contributed by atoms with Gasteiger partial charge in [0.05, 0.1) is 33.8 Å². The first kappa shape index (κ1) is 73.8. The number of likely N-dealkylation sites (N-methyl/N-ethyl adjacent to an activating group) is 1. The molecule has 0 aliphatic carbocycles. The van der Waals surface area contributed by atoms with E-state index >= 15 is 0 Å². The number of carbonyl (C=O) groups excluding carboxylic acids is 2. The van der Waals surface area contributed by atoms with Crippen LogP contribution in [0.5, 0.6) is 0 Å². The van der Waals surface area contributed by atoms with Crippen LogP contribution in [0.4, 0.5) is 0 Å². The maximum atomic E-state index is 13.5. The third-order valence-electron chi connectivity index (χ3n) is 15.2. The van der Waals surface area contributed by atoms with Crippen molar-refractivity contribution in [2.24, 2.45) is 0 Å². The predicted molar refractivity (Wildman–Crippen MR) is 321 cm³/mol.